The molecule has 2 aromatic carbocycles. The van der Waals surface area contributed by atoms with E-state index >= 15 is 0 Å². The maximum absolute atomic E-state index is 14.2. The Kier molecular flexibility index (Phi) is 7.50. The quantitative estimate of drug-likeness (QED) is 0.268. The van der Waals surface area contributed by atoms with E-state index in [-0.39, 0.29) is 29.5 Å². The van der Waals surface area contributed by atoms with Gasteiger partial charge in [0, 0.05) is 29.4 Å². The summed E-state index contributed by atoms with van der Waals surface area (Å²) in [4.78, 5) is 20.6. The van der Waals surface area contributed by atoms with Gasteiger partial charge in [-0.15, -0.1) is 11.3 Å². The lowest BCUT2D eigenvalue weighted by molar-refractivity contribution is -0.0585. The average Bonchev–Trinajstić information content (AvgIpc) is 3.24. The molecule has 0 radical (unpaired) electrons. The Labute approximate surface area is 237 Å². The molecule has 1 saturated heterocycles. The molecule has 0 spiro atoms. The molecule has 0 bridgehead atoms. The molecule has 0 aliphatic carbocycles. The van der Waals surface area contributed by atoms with Gasteiger partial charge in [-0.05, 0) is 55.2 Å². The summed E-state index contributed by atoms with van der Waals surface area (Å²) in [5.41, 5.74) is 11.0. The van der Waals surface area contributed by atoms with Crippen molar-refractivity contribution in [3.05, 3.63) is 70.2 Å². The van der Waals surface area contributed by atoms with Crippen LogP contribution in [0.3, 0.4) is 0 Å². The molecule has 0 saturated carbocycles. The first kappa shape index (κ1) is 26.9. The number of anilines is 3. The fourth-order valence-electron chi connectivity index (χ4n) is 4.99. The van der Waals surface area contributed by atoms with Crippen molar-refractivity contribution in [1.29, 1.82) is 5.26 Å². The fourth-order valence-corrected chi connectivity index (χ4v) is 6.34. The van der Waals surface area contributed by atoms with Crippen molar-refractivity contribution in [1.82, 2.24) is 9.88 Å². The van der Waals surface area contributed by atoms with E-state index in [1.54, 1.807) is 12.1 Å². The van der Waals surface area contributed by atoms with Crippen molar-refractivity contribution in [3.8, 4) is 17.2 Å². The monoisotopic (exact) mass is 559 g/mol. The highest BCUT2D eigenvalue weighted by molar-refractivity contribution is 7.24. The van der Waals surface area contributed by atoms with Crippen molar-refractivity contribution in [2.75, 3.05) is 24.1 Å². The second-order valence-electron chi connectivity index (χ2n) is 10.2. The minimum Gasteiger partial charge on any atom is -0.383 e. The van der Waals surface area contributed by atoms with E-state index in [9.17, 15) is 10.1 Å². The van der Waals surface area contributed by atoms with E-state index in [2.05, 4.69) is 42.4 Å². The van der Waals surface area contributed by atoms with Gasteiger partial charge in [0.15, 0.2) is 0 Å². The molecule has 2 aromatic heterocycles. The lowest BCUT2D eigenvalue weighted by Crippen LogP contribution is -2.48. The van der Waals surface area contributed by atoms with Gasteiger partial charge in [-0.3, -0.25) is 4.79 Å². The first-order valence-electron chi connectivity index (χ1n) is 12.9. The summed E-state index contributed by atoms with van der Waals surface area (Å²) in [6.07, 6.45) is -0.175. The normalized spacial score (nSPS) is 17.4. The standard InChI is InChI=1S/C30H30ClN5O2S/c1-16(2)19-7-11-22(12-8-19)34-29-25(30(37)36-14-17(3)38-18(4)15-36)26-27(39-29)24(23(13-32)28(33)35-26)20-5-9-21(31)10-6-20/h5-12,16-18,34H,14-15H2,1-4H3,(H2,33,35). The molecule has 4 aromatic rings. The van der Waals surface area contributed by atoms with E-state index < -0.39 is 0 Å². The maximum Gasteiger partial charge on any atom is 0.259 e. The number of hydrogen-bond donors (Lipinski definition) is 2. The smallest absolute Gasteiger partial charge is 0.259 e. The molecule has 9 heteroatoms. The van der Waals surface area contributed by atoms with Gasteiger partial charge in [0.25, 0.3) is 5.91 Å². The number of carbonyl (C=O) groups is 1. The van der Waals surface area contributed by atoms with Gasteiger partial charge < -0.3 is 20.7 Å². The van der Waals surface area contributed by atoms with Crippen LogP contribution in [0, 0.1) is 11.3 Å². The van der Waals surface area contributed by atoms with Crippen LogP contribution in [0.2, 0.25) is 5.02 Å². The Hall–Kier alpha value is -3.64. The number of thiophene rings is 1. The van der Waals surface area contributed by atoms with Gasteiger partial charge in [0.2, 0.25) is 0 Å². The molecule has 200 valence electrons. The lowest BCUT2D eigenvalue weighted by atomic mass is 9.99. The summed E-state index contributed by atoms with van der Waals surface area (Å²) < 4.78 is 6.58. The number of ether oxygens (including phenoxy) is 1. The number of fused-ring (bicyclic) bond motifs is 1. The molecule has 1 aliphatic rings. The van der Waals surface area contributed by atoms with Crippen LogP contribution in [0.5, 0.6) is 0 Å². The SMILES string of the molecule is CC1CN(C(=O)c2c(Nc3ccc(C(C)C)cc3)sc3c(-c4ccc(Cl)cc4)c(C#N)c(N)nc23)CC(C)O1. The Balaban J connectivity index is 1.72. The molecule has 2 unspecified atom stereocenters. The van der Waals surface area contributed by atoms with Crippen LogP contribution >= 0.6 is 22.9 Å². The molecule has 3 N–H and O–H groups in total. The number of morpholine rings is 1. The third-order valence-electron chi connectivity index (χ3n) is 6.85. The van der Waals surface area contributed by atoms with Crippen LogP contribution in [0.15, 0.2) is 48.5 Å². The molecular formula is C30H30ClN5O2S. The number of amides is 1. The Bertz CT molecular complexity index is 1560. The number of rotatable bonds is 5. The minimum atomic E-state index is -0.150. The molecule has 1 aliphatic heterocycles. The number of benzene rings is 2. The van der Waals surface area contributed by atoms with Gasteiger partial charge in [0.05, 0.1) is 22.4 Å². The summed E-state index contributed by atoms with van der Waals surface area (Å²) in [6, 6.07) is 17.6. The van der Waals surface area contributed by atoms with Crippen LogP contribution < -0.4 is 11.1 Å². The van der Waals surface area contributed by atoms with Crippen LogP contribution in [0.4, 0.5) is 16.5 Å². The molecular weight excluding hydrogens is 530 g/mol. The van der Waals surface area contributed by atoms with E-state index in [4.69, 9.17) is 22.1 Å². The van der Waals surface area contributed by atoms with Gasteiger partial charge in [-0.2, -0.15) is 5.26 Å². The van der Waals surface area contributed by atoms with E-state index in [1.165, 1.54) is 16.9 Å². The Morgan fingerprint density at radius 2 is 1.79 bits per heavy atom. The topological polar surface area (TPSA) is 104 Å². The largest absolute Gasteiger partial charge is 0.383 e. The number of nitriles is 1. The number of hydrogen-bond acceptors (Lipinski definition) is 7. The molecule has 5 rings (SSSR count). The summed E-state index contributed by atoms with van der Waals surface area (Å²) in [7, 11) is 0. The highest BCUT2D eigenvalue weighted by Crippen LogP contribution is 2.45. The zero-order chi connectivity index (χ0) is 27.8. The number of halogens is 1. The van der Waals surface area contributed by atoms with Gasteiger partial charge in [0.1, 0.15) is 28.0 Å². The van der Waals surface area contributed by atoms with Crippen molar-refractivity contribution >= 4 is 55.6 Å². The molecule has 1 fully saturated rings. The van der Waals surface area contributed by atoms with Crippen molar-refractivity contribution in [2.24, 2.45) is 0 Å². The number of carbonyl (C=O) groups excluding carboxylic acids is 1. The highest BCUT2D eigenvalue weighted by Gasteiger charge is 2.32. The minimum absolute atomic E-state index is 0.0818. The molecule has 2 atom stereocenters. The number of nitrogens with one attached hydrogen (secondary N) is 1. The number of aromatic nitrogens is 1. The van der Waals surface area contributed by atoms with Crippen LogP contribution in [-0.2, 0) is 4.74 Å². The summed E-state index contributed by atoms with van der Waals surface area (Å²) in [5.74, 6) is 0.339. The van der Waals surface area contributed by atoms with E-state index in [0.717, 1.165) is 11.3 Å². The van der Waals surface area contributed by atoms with E-state index in [1.807, 2.05) is 43.0 Å². The van der Waals surface area contributed by atoms with Crippen LogP contribution in [0.25, 0.3) is 21.3 Å². The lowest BCUT2D eigenvalue weighted by Gasteiger charge is -2.35. The van der Waals surface area contributed by atoms with Crippen LogP contribution in [-0.4, -0.2) is 41.1 Å². The van der Waals surface area contributed by atoms with Crippen molar-refractivity contribution in [2.45, 2.75) is 45.8 Å². The number of nitrogen functional groups attached to an aromatic ring is 1. The third kappa shape index (κ3) is 5.30. The third-order valence-corrected chi connectivity index (χ3v) is 8.21. The molecule has 3 heterocycles. The predicted molar refractivity (Wildman–Crippen MR) is 159 cm³/mol. The summed E-state index contributed by atoms with van der Waals surface area (Å²) in [5, 5.41) is 14.7. The van der Waals surface area contributed by atoms with Gasteiger partial charge in [-0.25, -0.2) is 4.98 Å². The van der Waals surface area contributed by atoms with Crippen LogP contribution in [0.1, 0.15) is 55.1 Å². The number of nitrogens with zero attached hydrogens (tertiary/aromatic N) is 3. The number of nitrogens with two attached hydrogens (primary N) is 1. The maximum atomic E-state index is 14.2. The van der Waals surface area contributed by atoms with Crippen molar-refractivity contribution < 1.29 is 9.53 Å². The predicted octanol–water partition coefficient (Wildman–Crippen LogP) is 7.19. The first-order chi connectivity index (χ1) is 18.7. The zero-order valence-electron chi connectivity index (χ0n) is 22.3. The first-order valence-corrected chi connectivity index (χ1v) is 14.1. The Morgan fingerprint density at radius 3 is 2.38 bits per heavy atom. The van der Waals surface area contributed by atoms with Gasteiger partial charge >= 0.3 is 0 Å². The second-order valence-corrected chi connectivity index (χ2v) is 11.7. The zero-order valence-corrected chi connectivity index (χ0v) is 23.9. The second kappa shape index (κ2) is 10.9. The summed E-state index contributed by atoms with van der Waals surface area (Å²) >= 11 is 7.55. The number of pyridine rings is 1. The van der Waals surface area contributed by atoms with Crippen molar-refractivity contribution in [3.63, 3.8) is 0 Å². The van der Waals surface area contributed by atoms with E-state index in [0.29, 0.717) is 50.4 Å². The molecule has 7 nitrogen and oxygen atoms in total. The highest BCUT2D eigenvalue weighted by atomic mass is 35.5. The van der Waals surface area contributed by atoms with Gasteiger partial charge in [-0.1, -0.05) is 49.7 Å². The summed E-state index contributed by atoms with van der Waals surface area (Å²) in [6.45, 7) is 9.17. The molecule has 39 heavy (non-hydrogen) atoms. The Morgan fingerprint density at radius 1 is 1.15 bits per heavy atom. The molecule has 1 amide bonds. The average molecular weight is 560 g/mol. The fraction of sp³-hybridized carbons (Fsp3) is 0.300.